The number of benzene rings is 4. The third-order valence-corrected chi connectivity index (χ3v) is 60.2. The molecular formula is C62H108Ge2Si8. The van der Waals surface area contributed by atoms with E-state index in [2.05, 4.69) is 284 Å². The van der Waals surface area contributed by atoms with Crippen LogP contribution in [0, 0.1) is 0 Å². The van der Waals surface area contributed by atoms with Crippen LogP contribution < -0.4 is 8.79 Å². The van der Waals surface area contributed by atoms with E-state index in [1.807, 2.05) is 8.79 Å². The predicted octanol–water partition coefficient (Wildman–Crippen LogP) is 18.5. The van der Waals surface area contributed by atoms with E-state index in [1.54, 1.807) is 42.2 Å². The van der Waals surface area contributed by atoms with Crippen molar-refractivity contribution in [1.82, 2.24) is 0 Å². The van der Waals surface area contributed by atoms with Gasteiger partial charge < -0.3 is 0 Å². The molecule has 0 atom stereocenters. The zero-order valence-electron chi connectivity index (χ0n) is 52.4. The van der Waals surface area contributed by atoms with Gasteiger partial charge >= 0.3 is 473 Å². The Kier molecular flexibility index (Phi) is 19.8. The van der Waals surface area contributed by atoms with Crippen molar-refractivity contribution in [3.05, 3.63) is 129 Å². The molecule has 0 saturated heterocycles. The molecule has 0 saturated carbocycles. The van der Waals surface area contributed by atoms with Crippen LogP contribution >= 0.6 is 0 Å². The summed E-state index contributed by atoms with van der Waals surface area (Å²) in [7, 11) is -13.8. The van der Waals surface area contributed by atoms with Crippen molar-refractivity contribution in [1.29, 1.82) is 0 Å². The summed E-state index contributed by atoms with van der Waals surface area (Å²) in [5.74, 6) is 0. The molecule has 0 nitrogen and oxygen atoms in total. The van der Waals surface area contributed by atoms with Gasteiger partial charge in [0.25, 0.3) is 0 Å². The fourth-order valence-electron chi connectivity index (χ4n) is 14.4. The van der Waals surface area contributed by atoms with Crippen LogP contribution in [0.3, 0.4) is 0 Å². The van der Waals surface area contributed by atoms with Gasteiger partial charge in [0.15, 0.2) is 0 Å². The van der Waals surface area contributed by atoms with Crippen molar-refractivity contribution >= 4 is 113 Å². The molecule has 0 aliphatic carbocycles. The molecule has 72 heavy (non-hydrogen) atoms. The molecule has 0 heterocycles. The standard InChI is InChI=1S/C62H108Ge2Si8/c1-61(2,3)47-41-49(57(65(7,8)9)66(10,11)12)55(50(42-47)58(67(13,14)15)68(16,17)18)63-53(45-37-33-31-34-38-45)54(46-39-35-32-36-40-46)64-56-51(59(69(19,20)21)70(22,23)24)43-48(62(4,5)6)44-52(56)60(71(25,26)27)72(28,29)30/h31-44,57-60H,1-30H3/b54-53-. The van der Waals surface area contributed by atoms with Crippen molar-refractivity contribution in [3.63, 3.8) is 0 Å². The molecule has 0 unspecified atom stereocenters. The Balaban J connectivity index is 2.53. The monoisotopic (exact) mass is 1220 g/mol. The summed E-state index contributed by atoms with van der Waals surface area (Å²) >= 11 is -1.79. The normalized spacial score (nSPS) is 14.8. The van der Waals surface area contributed by atoms with Crippen molar-refractivity contribution in [3.8, 4) is 0 Å². The third-order valence-electron chi connectivity index (χ3n) is 15.2. The van der Waals surface area contributed by atoms with Crippen LogP contribution in [0.15, 0.2) is 84.9 Å². The van der Waals surface area contributed by atoms with Gasteiger partial charge in [-0.15, -0.1) is 0 Å². The van der Waals surface area contributed by atoms with E-state index in [0.717, 1.165) is 0 Å². The van der Waals surface area contributed by atoms with Gasteiger partial charge in [0, 0.05) is 0 Å². The van der Waals surface area contributed by atoms with Crippen LogP contribution in [0.1, 0.15) is 107 Å². The molecule has 0 N–H and O–H groups in total. The molecule has 4 aromatic carbocycles. The van der Waals surface area contributed by atoms with Crippen LogP contribution in [-0.2, 0) is 10.8 Å². The molecule has 0 fully saturated rings. The average Bonchev–Trinajstić information content (AvgIpc) is 3.13. The summed E-state index contributed by atoms with van der Waals surface area (Å²) < 4.78 is 7.16. The number of hydrogen-bond acceptors (Lipinski definition) is 0. The first kappa shape index (κ1) is 64.0. The van der Waals surface area contributed by atoms with Gasteiger partial charge in [0.05, 0.1) is 0 Å². The van der Waals surface area contributed by atoms with Crippen molar-refractivity contribution in [2.45, 2.75) is 230 Å². The Morgan fingerprint density at radius 2 is 0.486 bits per heavy atom. The molecule has 0 aliphatic heterocycles. The van der Waals surface area contributed by atoms with E-state index in [9.17, 15) is 0 Å². The number of hydrogen-bond donors (Lipinski definition) is 0. The van der Waals surface area contributed by atoms with Gasteiger partial charge in [0.1, 0.15) is 0 Å². The van der Waals surface area contributed by atoms with Crippen molar-refractivity contribution in [2.24, 2.45) is 0 Å². The maximum atomic E-state index is 2.84. The second-order valence-electron chi connectivity index (χ2n) is 33.0. The Hall–Kier alpha value is -0.559. The van der Waals surface area contributed by atoms with Gasteiger partial charge in [0.2, 0.25) is 0 Å². The summed E-state index contributed by atoms with van der Waals surface area (Å²) in [5.41, 5.74) is 13.4. The quantitative estimate of drug-likeness (QED) is 0.0688. The van der Waals surface area contributed by atoms with E-state index >= 15 is 0 Å². The van der Waals surface area contributed by atoms with E-state index in [4.69, 9.17) is 0 Å². The van der Waals surface area contributed by atoms with Gasteiger partial charge in [-0.1, -0.05) is 0 Å². The summed E-state index contributed by atoms with van der Waals surface area (Å²) in [5, 5.41) is 2.64. The SMILES string of the molecule is CC(C)(C)c1cc(C([Si](C)(C)C)[Si](C)(C)C)[c]([Ge]/[C](=[C](\[Ge][c]2c(C([Si](C)(C)C)[Si](C)(C)C)cc(C(C)(C)C)cc2C([Si](C)(C)C)[Si](C)(C)C)c2ccccc2)c2ccccc2)c(C([Si](C)(C)C)[Si](C)(C)C)c1. The van der Waals surface area contributed by atoms with Gasteiger partial charge in [-0.3, -0.25) is 0 Å². The summed E-state index contributed by atoms with van der Waals surface area (Å²) in [4.78, 5) is 0. The zero-order valence-corrected chi connectivity index (χ0v) is 64.6. The van der Waals surface area contributed by atoms with E-state index in [-0.39, 0.29) is 10.8 Å². The Morgan fingerprint density at radius 3 is 0.639 bits per heavy atom. The molecule has 0 bridgehead atoms. The van der Waals surface area contributed by atoms with E-state index in [0.29, 0.717) is 20.7 Å². The van der Waals surface area contributed by atoms with Crippen LogP contribution in [0.2, 0.25) is 157 Å². The van der Waals surface area contributed by atoms with E-state index < -0.39 is 95.5 Å². The molecule has 0 spiro atoms. The van der Waals surface area contributed by atoms with Crippen LogP contribution in [0.4, 0.5) is 0 Å². The van der Waals surface area contributed by atoms with Crippen LogP contribution in [0.5, 0.6) is 0 Å². The molecular weight excluding hydrogens is 1110 g/mol. The number of rotatable bonds is 18. The summed E-state index contributed by atoms with van der Waals surface area (Å²) in [6.07, 6.45) is 0. The summed E-state index contributed by atoms with van der Waals surface area (Å²) in [6.45, 7) is 80.3. The molecule has 0 aromatic heterocycles. The third kappa shape index (κ3) is 15.8. The first-order chi connectivity index (χ1) is 32.1. The summed E-state index contributed by atoms with van der Waals surface area (Å²) in [6, 6.07) is 35.5. The van der Waals surface area contributed by atoms with Crippen molar-refractivity contribution in [2.75, 3.05) is 0 Å². The Labute approximate surface area is 468 Å². The topological polar surface area (TPSA) is 0 Å². The molecule has 0 aliphatic rings. The van der Waals surface area contributed by atoms with Gasteiger partial charge in [-0.2, -0.15) is 0 Å². The Bertz CT molecular complexity index is 2170. The first-order valence-electron chi connectivity index (χ1n) is 27.8. The molecule has 10 heteroatoms. The van der Waals surface area contributed by atoms with Gasteiger partial charge in [-0.05, 0) is 0 Å². The predicted molar refractivity (Wildman–Crippen MR) is 358 cm³/mol. The van der Waals surface area contributed by atoms with Crippen LogP contribution in [0.25, 0.3) is 8.81 Å². The maximum absolute atomic E-state index is 2.84. The zero-order chi connectivity index (χ0) is 55.6. The average molecular weight is 1220 g/mol. The fourth-order valence-corrected chi connectivity index (χ4v) is 75.5. The Morgan fingerprint density at radius 1 is 0.306 bits per heavy atom. The van der Waals surface area contributed by atoms with Crippen molar-refractivity contribution < 1.29 is 0 Å². The second-order valence-corrected chi connectivity index (χ2v) is 83.0. The fraction of sp³-hybridized carbons (Fsp3) is 0.581. The first-order valence-corrected chi connectivity index (χ1v) is 60.7. The minimum atomic E-state index is -1.73. The minimum absolute atomic E-state index is 0.0625. The molecule has 0 amide bonds. The van der Waals surface area contributed by atoms with E-state index in [1.165, 1.54) is 11.1 Å². The molecule has 4 radical (unpaired) electrons. The van der Waals surface area contributed by atoms with Gasteiger partial charge in [-0.25, -0.2) is 0 Å². The molecule has 4 rings (SSSR count). The molecule has 4 aromatic rings. The second kappa shape index (κ2) is 22.3. The molecule has 396 valence electrons. The van der Waals surface area contributed by atoms with Crippen LogP contribution in [-0.4, -0.2) is 95.5 Å².